The number of hydrogen-bond donors (Lipinski definition) is 0. The minimum absolute atomic E-state index is 0.0328. The van der Waals surface area contributed by atoms with E-state index in [2.05, 4.69) is 4.98 Å². The number of carbonyl (C=O) groups is 1. The Labute approximate surface area is 127 Å². The van der Waals surface area contributed by atoms with Gasteiger partial charge in [0.05, 0.1) is 4.92 Å². The molecule has 0 atom stereocenters. The van der Waals surface area contributed by atoms with Crippen molar-refractivity contribution in [2.24, 2.45) is 5.92 Å². The van der Waals surface area contributed by atoms with E-state index in [0.717, 1.165) is 19.0 Å². The molecule has 2 rings (SSSR count). The molecule has 0 saturated carbocycles. The molecule has 0 unspecified atom stereocenters. The Hall–Kier alpha value is -1.73. The van der Waals surface area contributed by atoms with Crippen molar-refractivity contribution in [2.45, 2.75) is 12.8 Å². The Morgan fingerprint density at radius 3 is 2.86 bits per heavy atom. The van der Waals surface area contributed by atoms with Crippen molar-refractivity contribution < 1.29 is 14.5 Å². The predicted molar refractivity (Wildman–Crippen MR) is 76.4 cm³/mol. The summed E-state index contributed by atoms with van der Waals surface area (Å²) in [5.41, 5.74) is -0.363. The molecule has 1 aliphatic heterocycles. The van der Waals surface area contributed by atoms with Gasteiger partial charge in [-0.05, 0) is 24.8 Å². The van der Waals surface area contributed by atoms with Crippen molar-refractivity contribution in [3.63, 3.8) is 0 Å². The standard InChI is InChI=1S/C13H16ClN3O4/c1-16(8-9-2-4-21-5-3-9)13(18)10-6-12(14)15-7-11(10)17(19)20/h6-7,9H,2-5,8H2,1H3. The zero-order valence-corrected chi connectivity index (χ0v) is 12.4. The maximum Gasteiger partial charge on any atom is 0.300 e. The molecule has 0 spiro atoms. The van der Waals surface area contributed by atoms with Gasteiger partial charge in [-0.3, -0.25) is 14.9 Å². The average Bonchev–Trinajstić information content (AvgIpc) is 2.47. The van der Waals surface area contributed by atoms with Crippen molar-refractivity contribution in [2.75, 3.05) is 26.8 Å². The maximum atomic E-state index is 12.4. The molecule has 2 heterocycles. The molecule has 1 saturated heterocycles. The van der Waals surface area contributed by atoms with Gasteiger partial charge in [0.15, 0.2) is 0 Å². The van der Waals surface area contributed by atoms with Crippen LogP contribution in [0.5, 0.6) is 0 Å². The largest absolute Gasteiger partial charge is 0.381 e. The number of halogens is 1. The van der Waals surface area contributed by atoms with Gasteiger partial charge in [-0.2, -0.15) is 0 Å². The van der Waals surface area contributed by atoms with Gasteiger partial charge in [0.2, 0.25) is 0 Å². The molecule has 0 radical (unpaired) electrons. The van der Waals surface area contributed by atoms with Crippen LogP contribution in [0.1, 0.15) is 23.2 Å². The Bertz CT molecular complexity index is 546. The molecule has 7 nitrogen and oxygen atoms in total. The SMILES string of the molecule is CN(CC1CCOCC1)C(=O)c1cc(Cl)ncc1[N+](=O)[O-]. The monoisotopic (exact) mass is 313 g/mol. The molecule has 114 valence electrons. The summed E-state index contributed by atoms with van der Waals surface area (Å²) in [5.74, 6) is -0.0680. The van der Waals surface area contributed by atoms with Gasteiger partial charge in [-0.15, -0.1) is 0 Å². The number of pyridine rings is 1. The Morgan fingerprint density at radius 2 is 2.24 bits per heavy atom. The van der Waals surface area contributed by atoms with Gasteiger partial charge in [0, 0.05) is 26.8 Å². The highest BCUT2D eigenvalue weighted by atomic mass is 35.5. The highest BCUT2D eigenvalue weighted by molar-refractivity contribution is 6.29. The zero-order valence-electron chi connectivity index (χ0n) is 11.6. The molecule has 8 heteroatoms. The van der Waals surface area contributed by atoms with Crippen molar-refractivity contribution in [1.29, 1.82) is 0 Å². The van der Waals surface area contributed by atoms with E-state index < -0.39 is 10.8 Å². The predicted octanol–water partition coefficient (Wildman–Crippen LogP) is 2.14. The fourth-order valence-electron chi connectivity index (χ4n) is 2.34. The lowest BCUT2D eigenvalue weighted by atomic mass is 9.99. The summed E-state index contributed by atoms with van der Waals surface area (Å²) in [4.78, 5) is 27.9. The first-order valence-electron chi connectivity index (χ1n) is 6.62. The van der Waals surface area contributed by atoms with Crippen LogP contribution in [-0.2, 0) is 4.74 Å². The lowest BCUT2D eigenvalue weighted by molar-refractivity contribution is -0.385. The minimum atomic E-state index is -0.626. The van der Waals surface area contributed by atoms with Crippen LogP contribution >= 0.6 is 11.6 Å². The van der Waals surface area contributed by atoms with Crippen LogP contribution in [0.15, 0.2) is 12.3 Å². The van der Waals surface area contributed by atoms with Crippen molar-refractivity contribution in [3.8, 4) is 0 Å². The van der Waals surface area contributed by atoms with E-state index in [9.17, 15) is 14.9 Å². The summed E-state index contributed by atoms with van der Waals surface area (Å²) in [6.07, 6.45) is 2.78. The number of nitro groups is 1. The van der Waals surface area contributed by atoms with Gasteiger partial charge in [-0.1, -0.05) is 11.6 Å². The number of amides is 1. The third-order valence-electron chi connectivity index (χ3n) is 3.50. The summed E-state index contributed by atoms with van der Waals surface area (Å²) in [7, 11) is 1.63. The first-order valence-corrected chi connectivity index (χ1v) is 7.00. The van der Waals surface area contributed by atoms with Crippen LogP contribution < -0.4 is 0 Å². The van der Waals surface area contributed by atoms with E-state index >= 15 is 0 Å². The highest BCUT2D eigenvalue weighted by Gasteiger charge is 2.26. The quantitative estimate of drug-likeness (QED) is 0.483. The number of aromatic nitrogens is 1. The molecule has 0 aromatic carbocycles. The highest BCUT2D eigenvalue weighted by Crippen LogP contribution is 2.23. The second-order valence-electron chi connectivity index (χ2n) is 5.02. The van der Waals surface area contributed by atoms with Crippen molar-refractivity contribution >= 4 is 23.2 Å². The molecule has 1 amide bonds. The summed E-state index contributed by atoms with van der Waals surface area (Å²) < 4.78 is 5.27. The van der Waals surface area contributed by atoms with E-state index in [1.807, 2.05) is 0 Å². The third-order valence-corrected chi connectivity index (χ3v) is 3.70. The first kappa shape index (κ1) is 15.7. The van der Waals surface area contributed by atoms with Gasteiger partial charge < -0.3 is 9.64 Å². The average molecular weight is 314 g/mol. The molecule has 21 heavy (non-hydrogen) atoms. The maximum absolute atomic E-state index is 12.4. The molecule has 1 aromatic heterocycles. The molecular formula is C13H16ClN3O4. The van der Waals surface area contributed by atoms with Crippen LogP contribution in [0.25, 0.3) is 0 Å². The van der Waals surface area contributed by atoms with Crippen molar-refractivity contribution in [1.82, 2.24) is 9.88 Å². The van der Waals surface area contributed by atoms with E-state index in [4.69, 9.17) is 16.3 Å². The molecule has 1 aromatic rings. The number of rotatable bonds is 4. The Kier molecular flexibility index (Phi) is 5.08. The van der Waals surface area contributed by atoms with Crippen LogP contribution in [0.2, 0.25) is 5.15 Å². The number of carbonyl (C=O) groups excluding carboxylic acids is 1. The lowest BCUT2D eigenvalue weighted by Crippen LogP contribution is -2.34. The van der Waals surface area contributed by atoms with Gasteiger partial charge in [0.1, 0.15) is 16.9 Å². The fraction of sp³-hybridized carbons (Fsp3) is 0.538. The van der Waals surface area contributed by atoms with E-state index in [-0.39, 0.29) is 16.4 Å². The summed E-state index contributed by atoms with van der Waals surface area (Å²) in [6, 6.07) is 1.24. The smallest absolute Gasteiger partial charge is 0.300 e. The topological polar surface area (TPSA) is 85.6 Å². The first-order chi connectivity index (χ1) is 9.99. The molecule has 1 aliphatic rings. The van der Waals surface area contributed by atoms with Gasteiger partial charge in [0.25, 0.3) is 11.6 Å². The van der Waals surface area contributed by atoms with Crippen LogP contribution in [0.4, 0.5) is 5.69 Å². The Balaban J connectivity index is 2.14. The summed E-state index contributed by atoms with van der Waals surface area (Å²) >= 11 is 5.74. The van der Waals surface area contributed by atoms with Crippen LogP contribution in [0, 0.1) is 16.0 Å². The molecular weight excluding hydrogens is 298 g/mol. The minimum Gasteiger partial charge on any atom is -0.381 e. The second kappa shape index (κ2) is 6.82. The van der Waals surface area contributed by atoms with Crippen molar-refractivity contribution in [3.05, 3.63) is 33.1 Å². The third kappa shape index (κ3) is 3.89. The number of hydrogen-bond acceptors (Lipinski definition) is 5. The summed E-state index contributed by atoms with van der Waals surface area (Å²) in [6.45, 7) is 1.92. The van der Waals surface area contributed by atoms with E-state index in [1.165, 1.54) is 11.0 Å². The normalized spacial score (nSPS) is 15.7. The van der Waals surface area contributed by atoms with E-state index in [0.29, 0.717) is 25.7 Å². The Morgan fingerprint density at radius 1 is 1.57 bits per heavy atom. The van der Waals surface area contributed by atoms with E-state index in [1.54, 1.807) is 7.05 Å². The lowest BCUT2D eigenvalue weighted by Gasteiger charge is -2.27. The molecule has 1 fully saturated rings. The number of ether oxygens (including phenoxy) is 1. The molecule has 0 aliphatic carbocycles. The van der Waals surface area contributed by atoms with Gasteiger partial charge >= 0.3 is 0 Å². The van der Waals surface area contributed by atoms with Crippen LogP contribution in [-0.4, -0.2) is 47.5 Å². The zero-order chi connectivity index (χ0) is 15.4. The number of nitrogens with zero attached hydrogens (tertiary/aromatic N) is 3. The molecule has 0 bridgehead atoms. The second-order valence-corrected chi connectivity index (χ2v) is 5.41. The fourth-order valence-corrected chi connectivity index (χ4v) is 2.50. The molecule has 0 N–H and O–H groups in total. The van der Waals surface area contributed by atoms with Crippen LogP contribution in [0.3, 0.4) is 0 Å². The summed E-state index contributed by atoms with van der Waals surface area (Å²) in [5, 5.41) is 11.0. The van der Waals surface area contributed by atoms with Gasteiger partial charge in [-0.25, -0.2) is 4.98 Å².